The average Bonchev–Trinajstić information content (AvgIpc) is 2.53. The van der Waals surface area contributed by atoms with Gasteiger partial charge in [-0.15, -0.1) is 11.6 Å². The van der Waals surface area contributed by atoms with Gasteiger partial charge in [0.25, 0.3) is 10.1 Å². The van der Waals surface area contributed by atoms with Crippen LogP contribution < -0.4 is 0 Å². The fourth-order valence-electron chi connectivity index (χ4n) is 3.40. The predicted molar refractivity (Wildman–Crippen MR) is 59.0 cm³/mol. The van der Waals surface area contributed by atoms with Crippen molar-refractivity contribution in [3.63, 3.8) is 0 Å². The second-order valence-electron chi connectivity index (χ2n) is 4.92. The van der Waals surface area contributed by atoms with E-state index >= 15 is 0 Å². The molecule has 5 atom stereocenters. The third-order valence-electron chi connectivity index (χ3n) is 4.09. The third-order valence-corrected chi connectivity index (χ3v) is 6.08. The van der Waals surface area contributed by atoms with Crippen molar-refractivity contribution in [2.24, 2.45) is 11.8 Å². The molecule has 4 fully saturated rings. The molecule has 0 spiro atoms. The standard InChI is InChI=1S/C10H13ClO5S/c11-4-8(12)15-9-5-1-2-6-7(3-5)17(13,14)16-10(6)9/h5-7,9-10H,1-4H2. The van der Waals surface area contributed by atoms with Crippen molar-refractivity contribution in [1.82, 2.24) is 0 Å². The maximum atomic E-state index is 11.7. The number of halogens is 1. The van der Waals surface area contributed by atoms with E-state index in [-0.39, 0.29) is 17.7 Å². The fraction of sp³-hybridized carbons (Fsp3) is 0.900. The molecule has 0 aromatic rings. The zero-order chi connectivity index (χ0) is 12.2. The highest BCUT2D eigenvalue weighted by molar-refractivity contribution is 7.87. The van der Waals surface area contributed by atoms with Crippen LogP contribution in [-0.2, 0) is 23.8 Å². The Hall–Kier alpha value is -0.330. The Morgan fingerprint density at radius 1 is 1.41 bits per heavy atom. The van der Waals surface area contributed by atoms with Crippen LogP contribution in [-0.4, -0.2) is 37.7 Å². The monoisotopic (exact) mass is 280 g/mol. The molecule has 5 unspecified atom stereocenters. The molecule has 7 heteroatoms. The number of rotatable bonds is 2. The lowest BCUT2D eigenvalue weighted by Gasteiger charge is -2.43. The van der Waals surface area contributed by atoms with Crippen molar-refractivity contribution in [3.05, 3.63) is 0 Å². The molecule has 5 nitrogen and oxygen atoms in total. The van der Waals surface area contributed by atoms with E-state index in [0.717, 1.165) is 12.8 Å². The lowest BCUT2D eigenvalue weighted by atomic mass is 9.67. The molecule has 17 heavy (non-hydrogen) atoms. The molecule has 0 N–H and O–H groups in total. The Morgan fingerprint density at radius 3 is 2.88 bits per heavy atom. The highest BCUT2D eigenvalue weighted by atomic mass is 35.5. The minimum atomic E-state index is -3.45. The van der Waals surface area contributed by atoms with Gasteiger partial charge < -0.3 is 4.74 Å². The summed E-state index contributed by atoms with van der Waals surface area (Å²) in [4.78, 5) is 11.2. The largest absolute Gasteiger partial charge is 0.458 e. The normalized spacial score (nSPS) is 45.8. The van der Waals surface area contributed by atoms with Crippen LogP contribution >= 0.6 is 11.6 Å². The molecule has 4 bridgehead atoms. The van der Waals surface area contributed by atoms with Gasteiger partial charge in [0.2, 0.25) is 0 Å². The van der Waals surface area contributed by atoms with E-state index in [4.69, 9.17) is 20.5 Å². The second-order valence-corrected chi connectivity index (χ2v) is 6.97. The van der Waals surface area contributed by atoms with Gasteiger partial charge in [-0.25, -0.2) is 0 Å². The van der Waals surface area contributed by atoms with Crippen molar-refractivity contribution in [2.75, 3.05) is 5.88 Å². The van der Waals surface area contributed by atoms with Gasteiger partial charge in [-0.3, -0.25) is 8.98 Å². The lowest BCUT2D eigenvalue weighted by molar-refractivity contribution is -0.163. The first kappa shape index (κ1) is 11.7. The Kier molecular flexibility index (Phi) is 2.65. The number of carbonyl (C=O) groups is 1. The zero-order valence-corrected chi connectivity index (χ0v) is 10.6. The van der Waals surface area contributed by atoms with Gasteiger partial charge in [0.05, 0.1) is 5.25 Å². The summed E-state index contributed by atoms with van der Waals surface area (Å²) in [5.41, 5.74) is 0. The van der Waals surface area contributed by atoms with Crippen LogP contribution in [0.3, 0.4) is 0 Å². The van der Waals surface area contributed by atoms with Crippen molar-refractivity contribution in [2.45, 2.75) is 36.7 Å². The number of alkyl halides is 1. The summed E-state index contributed by atoms with van der Waals surface area (Å²) >= 11 is 5.40. The quantitative estimate of drug-likeness (QED) is 0.422. The predicted octanol–water partition coefficient (Wildman–Crippen LogP) is 0.664. The molecular formula is C10H13ClO5S. The van der Waals surface area contributed by atoms with Crippen molar-refractivity contribution in [1.29, 1.82) is 0 Å². The number of hydrogen-bond acceptors (Lipinski definition) is 5. The van der Waals surface area contributed by atoms with Gasteiger partial charge in [0.15, 0.2) is 0 Å². The first-order valence-corrected chi connectivity index (χ1v) is 7.71. The number of ether oxygens (including phenoxy) is 1. The smallest absolute Gasteiger partial charge is 0.321 e. The van der Waals surface area contributed by atoms with E-state index < -0.39 is 33.5 Å². The molecule has 4 rings (SSSR count). The Labute approximate surface area is 105 Å². The summed E-state index contributed by atoms with van der Waals surface area (Å²) in [6, 6.07) is 0. The minimum Gasteiger partial charge on any atom is -0.458 e. The van der Waals surface area contributed by atoms with Gasteiger partial charge in [-0.1, -0.05) is 0 Å². The van der Waals surface area contributed by atoms with Gasteiger partial charge in [-0.2, -0.15) is 8.42 Å². The summed E-state index contributed by atoms with van der Waals surface area (Å²) in [5.74, 6) is -0.636. The molecule has 0 radical (unpaired) electrons. The van der Waals surface area contributed by atoms with Crippen LogP contribution in [0.15, 0.2) is 0 Å². The van der Waals surface area contributed by atoms with E-state index in [1.54, 1.807) is 0 Å². The van der Waals surface area contributed by atoms with E-state index in [9.17, 15) is 13.2 Å². The molecule has 3 aliphatic carbocycles. The molecule has 3 saturated carbocycles. The number of fused-ring (bicyclic) bond motifs is 1. The van der Waals surface area contributed by atoms with E-state index in [1.807, 2.05) is 0 Å². The molecule has 0 amide bonds. The fourth-order valence-corrected chi connectivity index (χ4v) is 5.37. The molecule has 96 valence electrons. The molecule has 0 aromatic carbocycles. The van der Waals surface area contributed by atoms with Crippen LogP contribution in [0.4, 0.5) is 0 Å². The molecular weight excluding hydrogens is 268 g/mol. The minimum absolute atomic E-state index is 0.0156. The van der Waals surface area contributed by atoms with Crippen LogP contribution in [0.1, 0.15) is 19.3 Å². The van der Waals surface area contributed by atoms with Crippen LogP contribution in [0, 0.1) is 11.8 Å². The van der Waals surface area contributed by atoms with E-state index in [0.29, 0.717) is 6.42 Å². The Balaban J connectivity index is 1.87. The van der Waals surface area contributed by atoms with Gasteiger partial charge in [0.1, 0.15) is 18.1 Å². The summed E-state index contributed by atoms with van der Waals surface area (Å²) in [6.07, 6.45) is 1.37. The summed E-state index contributed by atoms with van der Waals surface area (Å²) in [5, 5.41) is -0.391. The third kappa shape index (κ3) is 1.69. The lowest BCUT2D eigenvalue weighted by Crippen LogP contribution is -2.51. The number of carbonyl (C=O) groups excluding carboxylic acids is 1. The maximum Gasteiger partial charge on any atom is 0.321 e. The van der Waals surface area contributed by atoms with Crippen molar-refractivity contribution in [3.8, 4) is 0 Å². The molecule has 0 aromatic heterocycles. The van der Waals surface area contributed by atoms with E-state index in [1.165, 1.54) is 0 Å². The van der Waals surface area contributed by atoms with Gasteiger partial charge in [0, 0.05) is 5.92 Å². The number of esters is 1. The van der Waals surface area contributed by atoms with E-state index in [2.05, 4.69) is 0 Å². The maximum absolute atomic E-state index is 11.7. The van der Waals surface area contributed by atoms with Crippen LogP contribution in [0.2, 0.25) is 0 Å². The van der Waals surface area contributed by atoms with Gasteiger partial charge in [-0.05, 0) is 25.2 Å². The first-order valence-electron chi connectivity index (χ1n) is 5.70. The number of hydrogen-bond donors (Lipinski definition) is 0. The first-order chi connectivity index (χ1) is 8.03. The summed E-state index contributed by atoms with van der Waals surface area (Å²) in [7, 11) is -3.45. The average molecular weight is 281 g/mol. The highest BCUT2D eigenvalue weighted by Crippen LogP contribution is 2.52. The van der Waals surface area contributed by atoms with Crippen LogP contribution in [0.5, 0.6) is 0 Å². The Morgan fingerprint density at radius 2 is 2.18 bits per heavy atom. The van der Waals surface area contributed by atoms with Crippen molar-refractivity contribution >= 4 is 27.7 Å². The molecule has 1 heterocycles. The van der Waals surface area contributed by atoms with Crippen molar-refractivity contribution < 1.29 is 22.1 Å². The Bertz CT molecular complexity index is 448. The van der Waals surface area contributed by atoms with Crippen LogP contribution in [0.25, 0.3) is 0 Å². The summed E-state index contributed by atoms with van der Waals surface area (Å²) in [6.45, 7) is 0. The molecule has 4 aliphatic rings. The zero-order valence-electron chi connectivity index (χ0n) is 9.04. The van der Waals surface area contributed by atoms with Gasteiger partial charge >= 0.3 is 5.97 Å². The SMILES string of the molecule is O=C(CCl)OC1C2CCC3C1OS(=O)(=O)C3C2. The second kappa shape index (κ2) is 3.83. The molecule has 1 aliphatic heterocycles. The highest BCUT2D eigenvalue weighted by Gasteiger charge is 2.61. The topological polar surface area (TPSA) is 69.7 Å². The summed E-state index contributed by atoms with van der Waals surface area (Å²) < 4.78 is 33.8. The molecule has 1 saturated heterocycles.